The number of aromatic nitrogens is 2. The van der Waals surface area contributed by atoms with Crippen LogP contribution in [0.5, 0.6) is 5.75 Å². The fourth-order valence-corrected chi connectivity index (χ4v) is 2.94. The molecule has 0 unspecified atom stereocenters. The number of carbonyl (C=O) groups is 1. The molecule has 0 radical (unpaired) electrons. The number of hydrogen-bond acceptors (Lipinski definition) is 4. The van der Waals surface area contributed by atoms with Gasteiger partial charge in [-0.25, -0.2) is 9.07 Å². The van der Waals surface area contributed by atoms with Crippen LogP contribution in [-0.4, -0.2) is 50.8 Å². The molecule has 1 aromatic carbocycles. The first kappa shape index (κ1) is 17.3. The summed E-state index contributed by atoms with van der Waals surface area (Å²) in [5, 5.41) is 14.2. The molecule has 23 heavy (non-hydrogen) atoms. The number of aryl methyl sites for hydroxylation is 1. The van der Waals surface area contributed by atoms with E-state index in [4.69, 9.17) is 0 Å². The first-order valence-corrected chi connectivity index (χ1v) is 8.55. The first-order valence-electron chi connectivity index (χ1n) is 7.16. The molecule has 0 saturated heterocycles. The van der Waals surface area contributed by atoms with E-state index in [1.54, 1.807) is 36.7 Å². The minimum atomic E-state index is -0.345. The van der Waals surface area contributed by atoms with Crippen molar-refractivity contribution in [3.05, 3.63) is 41.5 Å². The number of benzene rings is 1. The van der Waals surface area contributed by atoms with Crippen molar-refractivity contribution >= 4 is 17.7 Å². The Kier molecular flexibility index (Phi) is 5.30. The lowest BCUT2D eigenvalue weighted by atomic mass is 10.2. The van der Waals surface area contributed by atoms with Crippen LogP contribution in [0.25, 0.3) is 5.69 Å². The molecule has 7 heteroatoms. The van der Waals surface area contributed by atoms with Gasteiger partial charge in [0.15, 0.2) is 11.4 Å². The largest absolute Gasteiger partial charge is 0.504 e. The summed E-state index contributed by atoms with van der Waals surface area (Å²) >= 11 is 1.64. The van der Waals surface area contributed by atoms with Crippen molar-refractivity contribution in [1.82, 2.24) is 14.7 Å². The van der Waals surface area contributed by atoms with Crippen molar-refractivity contribution in [3.8, 4) is 11.4 Å². The monoisotopic (exact) mass is 337 g/mol. The summed E-state index contributed by atoms with van der Waals surface area (Å²) in [5.41, 5.74) is 1.26. The molecule has 1 aromatic heterocycles. The Morgan fingerprint density at radius 1 is 1.52 bits per heavy atom. The molecule has 0 aliphatic rings. The molecule has 0 fully saturated rings. The summed E-state index contributed by atoms with van der Waals surface area (Å²) in [5.74, 6) is -0.0881. The van der Waals surface area contributed by atoms with Gasteiger partial charge in [-0.3, -0.25) is 4.79 Å². The molecule has 1 amide bonds. The number of rotatable bonds is 5. The van der Waals surface area contributed by atoms with Gasteiger partial charge in [0, 0.05) is 18.8 Å². The SMILES string of the molecule is CSC[C@@H](C)N(C)C(=O)c1nn(-c2ccc(F)cc2C)cc1O. The van der Waals surface area contributed by atoms with E-state index in [2.05, 4.69) is 5.10 Å². The van der Waals surface area contributed by atoms with Gasteiger partial charge >= 0.3 is 0 Å². The second-order valence-electron chi connectivity index (χ2n) is 5.46. The summed E-state index contributed by atoms with van der Waals surface area (Å²) in [7, 11) is 1.69. The van der Waals surface area contributed by atoms with E-state index >= 15 is 0 Å². The topological polar surface area (TPSA) is 58.4 Å². The third-order valence-corrected chi connectivity index (χ3v) is 4.51. The standard InChI is InChI=1S/C16H20FN3O2S/c1-10-7-12(17)5-6-13(10)20-8-14(21)15(18-20)16(22)19(3)11(2)9-23-4/h5-8,11,21H,9H2,1-4H3/t11-/m1/s1. The predicted molar refractivity (Wildman–Crippen MR) is 89.9 cm³/mol. The molecule has 1 atom stereocenters. The molecular weight excluding hydrogens is 317 g/mol. The third-order valence-electron chi connectivity index (χ3n) is 3.69. The Balaban J connectivity index is 2.32. The lowest BCUT2D eigenvalue weighted by Crippen LogP contribution is -2.36. The molecule has 0 aliphatic heterocycles. The smallest absolute Gasteiger partial charge is 0.278 e. The van der Waals surface area contributed by atoms with Crippen LogP contribution in [-0.2, 0) is 0 Å². The molecule has 0 aliphatic carbocycles. The minimum Gasteiger partial charge on any atom is -0.504 e. The van der Waals surface area contributed by atoms with Gasteiger partial charge in [0.1, 0.15) is 5.82 Å². The number of thioether (sulfide) groups is 1. The molecule has 0 bridgehead atoms. The highest BCUT2D eigenvalue weighted by Crippen LogP contribution is 2.22. The van der Waals surface area contributed by atoms with E-state index < -0.39 is 0 Å². The Labute approximate surface area is 139 Å². The summed E-state index contributed by atoms with van der Waals surface area (Å²) in [4.78, 5) is 14.0. The number of aromatic hydroxyl groups is 1. The van der Waals surface area contributed by atoms with Gasteiger partial charge in [-0.2, -0.15) is 16.9 Å². The average Bonchev–Trinajstić information content (AvgIpc) is 2.87. The van der Waals surface area contributed by atoms with Gasteiger partial charge < -0.3 is 10.0 Å². The van der Waals surface area contributed by atoms with Gasteiger partial charge in [0.25, 0.3) is 5.91 Å². The molecule has 124 valence electrons. The quantitative estimate of drug-likeness (QED) is 0.911. The van der Waals surface area contributed by atoms with Crippen LogP contribution in [0, 0.1) is 12.7 Å². The second kappa shape index (κ2) is 7.04. The van der Waals surface area contributed by atoms with Gasteiger partial charge in [-0.05, 0) is 43.9 Å². The number of halogens is 1. The van der Waals surface area contributed by atoms with Crippen molar-refractivity contribution in [2.24, 2.45) is 0 Å². The molecule has 0 saturated carbocycles. The van der Waals surface area contributed by atoms with Crippen molar-refractivity contribution in [3.63, 3.8) is 0 Å². The fourth-order valence-electron chi connectivity index (χ4n) is 2.24. The maximum atomic E-state index is 13.2. The van der Waals surface area contributed by atoms with Gasteiger partial charge in [-0.1, -0.05) is 0 Å². The number of amides is 1. The van der Waals surface area contributed by atoms with E-state index in [1.165, 1.54) is 23.0 Å². The van der Waals surface area contributed by atoms with Crippen LogP contribution in [0.4, 0.5) is 4.39 Å². The van der Waals surface area contributed by atoms with Crippen LogP contribution in [0.1, 0.15) is 23.0 Å². The van der Waals surface area contributed by atoms with E-state index in [0.29, 0.717) is 11.3 Å². The highest BCUT2D eigenvalue weighted by molar-refractivity contribution is 7.98. The molecule has 2 rings (SSSR count). The highest BCUT2D eigenvalue weighted by atomic mass is 32.2. The van der Waals surface area contributed by atoms with Gasteiger partial charge in [-0.15, -0.1) is 0 Å². The van der Waals surface area contributed by atoms with E-state index in [0.717, 1.165) is 5.75 Å². The maximum Gasteiger partial charge on any atom is 0.278 e. The zero-order valence-electron chi connectivity index (χ0n) is 13.6. The summed E-state index contributed by atoms with van der Waals surface area (Å²) in [6.45, 7) is 3.68. The fraction of sp³-hybridized carbons (Fsp3) is 0.375. The normalized spacial score (nSPS) is 12.2. The van der Waals surface area contributed by atoms with E-state index in [-0.39, 0.29) is 29.2 Å². The van der Waals surface area contributed by atoms with Crippen LogP contribution < -0.4 is 0 Å². The zero-order chi connectivity index (χ0) is 17.1. The molecule has 5 nitrogen and oxygen atoms in total. The third kappa shape index (κ3) is 3.67. The van der Waals surface area contributed by atoms with Gasteiger partial charge in [0.05, 0.1) is 11.9 Å². The minimum absolute atomic E-state index is 0.0100. The molecule has 1 heterocycles. The van der Waals surface area contributed by atoms with E-state index in [1.807, 2.05) is 13.2 Å². The number of nitrogens with zero attached hydrogens (tertiary/aromatic N) is 3. The molecule has 0 spiro atoms. The van der Waals surface area contributed by atoms with Crippen molar-refractivity contribution in [1.29, 1.82) is 0 Å². The Morgan fingerprint density at radius 2 is 2.22 bits per heavy atom. The lowest BCUT2D eigenvalue weighted by molar-refractivity contribution is 0.0748. The first-order chi connectivity index (χ1) is 10.8. The summed E-state index contributed by atoms with van der Waals surface area (Å²) in [6.07, 6.45) is 3.33. The van der Waals surface area contributed by atoms with Crippen molar-refractivity contribution in [2.75, 3.05) is 19.1 Å². The number of carbonyl (C=O) groups excluding carboxylic acids is 1. The van der Waals surface area contributed by atoms with Crippen molar-refractivity contribution in [2.45, 2.75) is 19.9 Å². The Morgan fingerprint density at radius 3 is 2.83 bits per heavy atom. The molecule has 2 aromatic rings. The Hall–Kier alpha value is -2.02. The second-order valence-corrected chi connectivity index (χ2v) is 6.37. The van der Waals surface area contributed by atoms with Crippen LogP contribution in [0.15, 0.2) is 24.4 Å². The predicted octanol–water partition coefficient (Wildman–Crippen LogP) is 2.85. The summed E-state index contributed by atoms with van der Waals surface area (Å²) < 4.78 is 14.6. The molecule has 1 N–H and O–H groups in total. The maximum absolute atomic E-state index is 13.2. The van der Waals surface area contributed by atoms with Crippen LogP contribution in [0.2, 0.25) is 0 Å². The van der Waals surface area contributed by atoms with Gasteiger partial charge in [0.2, 0.25) is 0 Å². The van der Waals surface area contributed by atoms with Crippen LogP contribution >= 0.6 is 11.8 Å². The van der Waals surface area contributed by atoms with E-state index in [9.17, 15) is 14.3 Å². The average molecular weight is 337 g/mol. The summed E-state index contributed by atoms with van der Waals surface area (Å²) in [6, 6.07) is 4.28. The van der Waals surface area contributed by atoms with Crippen molar-refractivity contribution < 1.29 is 14.3 Å². The highest BCUT2D eigenvalue weighted by Gasteiger charge is 2.24. The lowest BCUT2D eigenvalue weighted by Gasteiger charge is -2.23. The van der Waals surface area contributed by atoms with Crippen LogP contribution in [0.3, 0.4) is 0 Å². The zero-order valence-corrected chi connectivity index (χ0v) is 14.4. The number of hydrogen-bond donors (Lipinski definition) is 1. The Bertz CT molecular complexity index is 717. The molecular formula is C16H20FN3O2S.